The van der Waals surface area contributed by atoms with Gasteiger partial charge in [-0.15, -0.1) is 11.3 Å². The van der Waals surface area contributed by atoms with Crippen LogP contribution in [0.5, 0.6) is 0 Å². The van der Waals surface area contributed by atoms with Crippen molar-refractivity contribution in [2.24, 2.45) is 0 Å². The second-order valence-electron chi connectivity index (χ2n) is 7.04. The molecular weight excluding hydrogens is 344 g/mol. The van der Waals surface area contributed by atoms with Gasteiger partial charge in [0.1, 0.15) is 0 Å². The van der Waals surface area contributed by atoms with Crippen LogP contribution in [-0.2, 0) is 0 Å². The molecule has 0 aliphatic carbocycles. The highest BCUT2D eigenvalue weighted by Crippen LogP contribution is 2.40. The maximum atomic E-state index is 2.35. The minimum Gasteiger partial charge on any atom is -0.135 e. The summed E-state index contributed by atoms with van der Waals surface area (Å²) in [6.07, 6.45) is 0. The van der Waals surface area contributed by atoms with E-state index >= 15 is 0 Å². The van der Waals surface area contributed by atoms with Gasteiger partial charge in [0.25, 0.3) is 0 Å². The third kappa shape index (κ3) is 2.29. The lowest BCUT2D eigenvalue weighted by atomic mass is 10.00. The zero-order valence-electron chi connectivity index (χ0n) is 14.6. The minimum absolute atomic E-state index is 1.27. The first-order valence-corrected chi connectivity index (χ1v) is 10.0. The molecule has 1 heteroatoms. The van der Waals surface area contributed by atoms with Crippen LogP contribution >= 0.6 is 11.3 Å². The van der Waals surface area contributed by atoms with Crippen molar-refractivity contribution in [3.8, 4) is 11.1 Å². The van der Waals surface area contributed by atoms with Crippen molar-refractivity contribution in [3.05, 3.63) is 97.1 Å². The van der Waals surface area contributed by atoms with E-state index in [0.717, 1.165) is 0 Å². The molecule has 0 aliphatic heterocycles. The Kier molecular flexibility index (Phi) is 3.14. The molecule has 1 aromatic heterocycles. The number of hydrogen-bond donors (Lipinski definition) is 0. The Morgan fingerprint density at radius 2 is 1.22 bits per heavy atom. The third-order valence-electron chi connectivity index (χ3n) is 5.43. The van der Waals surface area contributed by atoms with Crippen molar-refractivity contribution in [1.82, 2.24) is 0 Å². The molecule has 0 nitrogen and oxygen atoms in total. The van der Waals surface area contributed by atoms with E-state index in [4.69, 9.17) is 0 Å². The van der Waals surface area contributed by atoms with Crippen LogP contribution in [0.2, 0.25) is 0 Å². The van der Waals surface area contributed by atoms with Crippen LogP contribution in [-0.4, -0.2) is 0 Å². The van der Waals surface area contributed by atoms with E-state index in [1.807, 2.05) is 11.3 Å². The predicted molar refractivity (Wildman–Crippen MR) is 120 cm³/mol. The average molecular weight is 360 g/mol. The van der Waals surface area contributed by atoms with Crippen LogP contribution in [0.15, 0.2) is 97.1 Å². The lowest BCUT2D eigenvalue weighted by Crippen LogP contribution is -1.78. The second-order valence-corrected chi connectivity index (χ2v) is 8.09. The number of benzene rings is 5. The van der Waals surface area contributed by atoms with Gasteiger partial charge in [0.2, 0.25) is 0 Å². The van der Waals surface area contributed by atoms with Crippen LogP contribution in [0, 0.1) is 0 Å². The summed E-state index contributed by atoms with van der Waals surface area (Å²) in [5.41, 5.74) is 2.55. The van der Waals surface area contributed by atoms with Crippen LogP contribution in [0.4, 0.5) is 0 Å². The average Bonchev–Trinajstić information content (AvgIpc) is 3.11. The Morgan fingerprint density at radius 1 is 0.444 bits per heavy atom. The molecule has 6 rings (SSSR count). The summed E-state index contributed by atoms with van der Waals surface area (Å²) >= 11 is 1.90. The highest BCUT2D eigenvalue weighted by Gasteiger charge is 2.10. The fraction of sp³-hybridized carbons (Fsp3) is 0. The summed E-state index contributed by atoms with van der Waals surface area (Å²) in [7, 11) is 0. The summed E-state index contributed by atoms with van der Waals surface area (Å²) in [6, 6.07) is 35.3. The van der Waals surface area contributed by atoms with Gasteiger partial charge in [0.05, 0.1) is 0 Å². The predicted octanol–water partition coefficient (Wildman–Crippen LogP) is 8.03. The molecule has 0 amide bonds. The van der Waals surface area contributed by atoms with E-state index in [-0.39, 0.29) is 0 Å². The van der Waals surface area contributed by atoms with Gasteiger partial charge in [0.15, 0.2) is 0 Å². The minimum atomic E-state index is 1.27. The molecule has 0 radical (unpaired) electrons. The molecule has 126 valence electrons. The van der Waals surface area contributed by atoms with Crippen molar-refractivity contribution in [1.29, 1.82) is 0 Å². The van der Waals surface area contributed by atoms with Gasteiger partial charge in [-0.25, -0.2) is 0 Å². The first-order chi connectivity index (χ1) is 13.4. The first kappa shape index (κ1) is 15.0. The normalized spacial score (nSPS) is 11.7. The Hall–Kier alpha value is -3.16. The molecule has 0 bridgehead atoms. The topological polar surface area (TPSA) is 0 Å². The number of thiophene rings is 1. The lowest BCUT2D eigenvalue weighted by Gasteiger charge is -2.04. The van der Waals surface area contributed by atoms with Crippen molar-refractivity contribution >= 4 is 53.1 Å². The van der Waals surface area contributed by atoms with Gasteiger partial charge in [-0.1, -0.05) is 72.8 Å². The van der Waals surface area contributed by atoms with Crippen molar-refractivity contribution in [3.63, 3.8) is 0 Å². The molecule has 27 heavy (non-hydrogen) atoms. The van der Waals surface area contributed by atoms with Crippen LogP contribution < -0.4 is 0 Å². The Labute approximate surface area is 161 Å². The molecule has 1 heterocycles. The monoisotopic (exact) mass is 360 g/mol. The standard InChI is InChI=1S/C26H16S/c1-2-6-17(7-3-1)20-11-13-25-24(16-20)22-12-10-21-14-18-8-4-5-9-19(18)15-23(21)26(22)27-25/h1-16H. The maximum absolute atomic E-state index is 2.35. The lowest BCUT2D eigenvalue weighted by molar-refractivity contribution is 1.66. The van der Waals surface area contributed by atoms with Crippen molar-refractivity contribution in [2.75, 3.05) is 0 Å². The Bertz CT molecular complexity index is 1460. The van der Waals surface area contributed by atoms with Crippen LogP contribution in [0.25, 0.3) is 52.8 Å². The smallest absolute Gasteiger partial charge is 0.0434 e. The fourth-order valence-corrected chi connectivity index (χ4v) is 5.27. The van der Waals surface area contributed by atoms with Crippen LogP contribution in [0.3, 0.4) is 0 Å². The van der Waals surface area contributed by atoms with E-state index in [9.17, 15) is 0 Å². The summed E-state index contributed by atoms with van der Waals surface area (Å²) in [5.74, 6) is 0. The molecule has 0 fully saturated rings. The van der Waals surface area contributed by atoms with Gasteiger partial charge in [-0.05, 0) is 51.6 Å². The molecule has 0 saturated carbocycles. The molecule has 0 atom stereocenters. The largest absolute Gasteiger partial charge is 0.135 e. The van der Waals surface area contributed by atoms with Gasteiger partial charge >= 0.3 is 0 Å². The van der Waals surface area contributed by atoms with Crippen molar-refractivity contribution in [2.45, 2.75) is 0 Å². The second kappa shape index (κ2) is 5.67. The quantitative estimate of drug-likeness (QED) is 0.260. The molecule has 0 N–H and O–H groups in total. The van der Waals surface area contributed by atoms with E-state index in [2.05, 4.69) is 97.1 Å². The number of hydrogen-bond acceptors (Lipinski definition) is 1. The highest BCUT2D eigenvalue weighted by molar-refractivity contribution is 7.26. The van der Waals surface area contributed by atoms with E-state index in [1.165, 1.54) is 52.8 Å². The zero-order chi connectivity index (χ0) is 17.8. The molecule has 0 saturated heterocycles. The van der Waals surface area contributed by atoms with Gasteiger partial charge < -0.3 is 0 Å². The van der Waals surface area contributed by atoms with E-state index in [0.29, 0.717) is 0 Å². The molecular formula is C26H16S. The van der Waals surface area contributed by atoms with Gasteiger partial charge in [0, 0.05) is 25.6 Å². The SMILES string of the molecule is c1ccc(-c2ccc3sc4c5cc6ccccc6cc5ccc4c3c2)cc1. The van der Waals surface area contributed by atoms with Gasteiger partial charge in [-0.2, -0.15) is 0 Å². The summed E-state index contributed by atoms with van der Waals surface area (Å²) in [4.78, 5) is 0. The molecule has 6 aromatic rings. The van der Waals surface area contributed by atoms with E-state index < -0.39 is 0 Å². The molecule has 5 aromatic carbocycles. The van der Waals surface area contributed by atoms with Gasteiger partial charge in [-0.3, -0.25) is 0 Å². The summed E-state index contributed by atoms with van der Waals surface area (Å²) < 4.78 is 2.74. The van der Waals surface area contributed by atoms with Crippen molar-refractivity contribution < 1.29 is 0 Å². The number of fused-ring (bicyclic) bond motifs is 6. The molecule has 0 unspecified atom stereocenters. The fourth-order valence-electron chi connectivity index (χ4n) is 4.06. The summed E-state index contributed by atoms with van der Waals surface area (Å²) in [6.45, 7) is 0. The highest BCUT2D eigenvalue weighted by atomic mass is 32.1. The third-order valence-corrected chi connectivity index (χ3v) is 6.65. The maximum Gasteiger partial charge on any atom is 0.0434 e. The Balaban J connectivity index is 1.68. The Morgan fingerprint density at radius 3 is 2.07 bits per heavy atom. The zero-order valence-corrected chi connectivity index (χ0v) is 15.5. The summed E-state index contributed by atoms with van der Waals surface area (Å²) in [5, 5.41) is 7.99. The number of rotatable bonds is 1. The molecule has 0 spiro atoms. The van der Waals surface area contributed by atoms with E-state index in [1.54, 1.807) is 0 Å². The molecule has 0 aliphatic rings. The first-order valence-electron chi connectivity index (χ1n) is 9.20. The van der Waals surface area contributed by atoms with Crippen LogP contribution in [0.1, 0.15) is 0 Å².